The lowest BCUT2D eigenvalue weighted by atomic mass is 10.2. The monoisotopic (exact) mass is 257 g/mol. The summed E-state index contributed by atoms with van der Waals surface area (Å²) in [6.07, 6.45) is 2.17. The molecule has 104 valence electrons. The summed E-state index contributed by atoms with van der Waals surface area (Å²) in [6, 6.07) is 0. The fourth-order valence-electron chi connectivity index (χ4n) is 2.95. The van der Waals surface area contributed by atoms with Crippen LogP contribution in [0.2, 0.25) is 0 Å². The first-order chi connectivity index (χ1) is 8.56. The zero-order chi connectivity index (χ0) is 13.1. The van der Waals surface area contributed by atoms with Gasteiger partial charge in [0.1, 0.15) is 0 Å². The highest BCUT2D eigenvalue weighted by Crippen LogP contribution is 2.23. The van der Waals surface area contributed by atoms with E-state index in [1.54, 1.807) is 0 Å². The number of nitrogens with zero attached hydrogens (tertiary/aromatic N) is 2. The van der Waals surface area contributed by atoms with Crippen LogP contribution in [0.5, 0.6) is 0 Å². The number of amides is 1. The fourth-order valence-corrected chi connectivity index (χ4v) is 2.95. The molecule has 2 fully saturated rings. The quantitative estimate of drug-likeness (QED) is 0.570. The summed E-state index contributed by atoms with van der Waals surface area (Å²) >= 11 is 0. The number of aliphatic hydroxyl groups is 2. The van der Waals surface area contributed by atoms with Crippen LogP contribution in [-0.4, -0.2) is 70.5 Å². The SMILES string of the molecule is NC(=O)CCC(N1CCC(O)C1)N1CCC(O)C1. The molecular weight excluding hydrogens is 234 g/mol. The molecule has 2 rings (SSSR count). The molecule has 0 aromatic heterocycles. The van der Waals surface area contributed by atoms with Gasteiger partial charge in [0.15, 0.2) is 0 Å². The zero-order valence-corrected chi connectivity index (χ0v) is 10.7. The van der Waals surface area contributed by atoms with E-state index in [0.29, 0.717) is 25.9 Å². The van der Waals surface area contributed by atoms with Crippen molar-refractivity contribution in [2.75, 3.05) is 26.2 Å². The molecule has 2 unspecified atom stereocenters. The second-order valence-electron chi connectivity index (χ2n) is 5.36. The molecule has 2 saturated heterocycles. The van der Waals surface area contributed by atoms with Gasteiger partial charge in [0.05, 0.1) is 18.4 Å². The molecular formula is C12H23N3O3. The number of β-amino-alcohol motifs (C(OH)–C–C–N with tert-alkyl or cyclic N) is 2. The highest BCUT2D eigenvalue weighted by Gasteiger charge is 2.34. The van der Waals surface area contributed by atoms with Crippen LogP contribution in [0.25, 0.3) is 0 Å². The van der Waals surface area contributed by atoms with Crippen molar-refractivity contribution in [2.24, 2.45) is 5.73 Å². The number of likely N-dealkylation sites (tertiary alicyclic amines) is 2. The Labute approximate surface area is 107 Å². The van der Waals surface area contributed by atoms with Crippen LogP contribution in [0, 0.1) is 0 Å². The molecule has 1 amide bonds. The van der Waals surface area contributed by atoms with E-state index in [9.17, 15) is 15.0 Å². The molecule has 0 aliphatic carbocycles. The summed E-state index contributed by atoms with van der Waals surface area (Å²) in [7, 11) is 0. The Hall–Kier alpha value is -0.690. The average molecular weight is 257 g/mol. The molecule has 2 aliphatic heterocycles. The van der Waals surface area contributed by atoms with E-state index in [0.717, 1.165) is 25.9 Å². The minimum Gasteiger partial charge on any atom is -0.392 e. The molecule has 2 atom stereocenters. The van der Waals surface area contributed by atoms with Gasteiger partial charge < -0.3 is 15.9 Å². The summed E-state index contributed by atoms with van der Waals surface area (Å²) in [4.78, 5) is 15.3. The Morgan fingerprint density at radius 3 is 2.00 bits per heavy atom. The van der Waals surface area contributed by atoms with E-state index in [1.807, 2.05) is 0 Å². The lowest BCUT2D eigenvalue weighted by molar-refractivity contribution is -0.118. The van der Waals surface area contributed by atoms with Crippen LogP contribution in [0.4, 0.5) is 0 Å². The van der Waals surface area contributed by atoms with Crippen LogP contribution in [0.3, 0.4) is 0 Å². The van der Waals surface area contributed by atoms with Gasteiger partial charge in [-0.15, -0.1) is 0 Å². The van der Waals surface area contributed by atoms with Gasteiger partial charge in [-0.05, 0) is 19.3 Å². The highest BCUT2D eigenvalue weighted by atomic mass is 16.3. The summed E-state index contributed by atoms with van der Waals surface area (Å²) in [5, 5.41) is 19.2. The zero-order valence-electron chi connectivity index (χ0n) is 10.7. The Kier molecular flexibility index (Phi) is 4.55. The predicted molar refractivity (Wildman–Crippen MR) is 66.6 cm³/mol. The number of rotatable bonds is 5. The predicted octanol–water partition coefficient (Wildman–Crippen LogP) is -1.29. The van der Waals surface area contributed by atoms with E-state index in [1.165, 1.54) is 0 Å². The Bertz CT molecular complexity index is 280. The maximum atomic E-state index is 10.9. The smallest absolute Gasteiger partial charge is 0.217 e. The number of hydrogen-bond donors (Lipinski definition) is 3. The van der Waals surface area contributed by atoms with Crippen molar-refractivity contribution in [3.63, 3.8) is 0 Å². The van der Waals surface area contributed by atoms with Gasteiger partial charge in [0, 0.05) is 32.6 Å². The molecule has 0 aromatic rings. The number of carbonyl (C=O) groups excluding carboxylic acids is 1. The van der Waals surface area contributed by atoms with Crippen molar-refractivity contribution >= 4 is 5.91 Å². The van der Waals surface area contributed by atoms with Crippen molar-refractivity contribution in [1.82, 2.24) is 9.80 Å². The van der Waals surface area contributed by atoms with Gasteiger partial charge in [-0.1, -0.05) is 0 Å². The number of carbonyl (C=O) groups is 1. The standard InChI is InChI=1S/C12H23N3O3/c13-11(18)1-2-12(14-5-3-9(16)7-14)15-6-4-10(17)8-15/h9-10,12,16-17H,1-8H2,(H2,13,18). The molecule has 2 aliphatic rings. The Morgan fingerprint density at radius 2 is 1.67 bits per heavy atom. The number of primary amides is 1. The molecule has 2 heterocycles. The van der Waals surface area contributed by atoms with Crippen molar-refractivity contribution < 1.29 is 15.0 Å². The van der Waals surface area contributed by atoms with E-state index >= 15 is 0 Å². The van der Waals surface area contributed by atoms with Crippen LogP contribution >= 0.6 is 0 Å². The molecule has 6 nitrogen and oxygen atoms in total. The largest absolute Gasteiger partial charge is 0.392 e. The van der Waals surface area contributed by atoms with E-state index in [4.69, 9.17) is 5.73 Å². The first-order valence-electron chi connectivity index (χ1n) is 6.69. The Balaban J connectivity index is 1.95. The topological polar surface area (TPSA) is 90.0 Å². The molecule has 0 saturated carbocycles. The molecule has 0 aromatic carbocycles. The van der Waals surface area contributed by atoms with Crippen LogP contribution in [-0.2, 0) is 4.79 Å². The van der Waals surface area contributed by atoms with Crippen molar-refractivity contribution in [3.8, 4) is 0 Å². The molecule has 0 spiro atoms. The van der Waals surface area contributed by atoms with Gasteiger partial charge >= 0.3 is 0 Å². The second-order valence-corrected chi connectivity index (χ2v) is 5.36. The molecule has 0 radical (unpaired) electrons. The van der Waals surface area contributed by atoms with Crippen LogP contribution in [0.15, 0.2) is 0 Å². The van der Waals surface area contributed by atoms with Gasteiger partial charge in [0.2, 0.25) is 5.91 Å². The van der Waals surface area contributed by atoms with Gasteiger partial charge in [-0.2, -0.15) is 0 Å². The minimum absolute atomic E-state index is 0.117. The first kappa shape index (κ1) is 13.7. The lowest BCUT2D eigenvalue weighted by Crippen LogP contribution is -2.47. The average Bonchev–Trinajstić information content (AvgIpc) is 2.89. The molecule has 0 bridgehead atoms. The van der Waals surface area contributed by atoms with Crippen LogP contribution < -0.4 is 5.73 Å². The molecule has 18 heavy (non-hydrogen) atoms. The van der Waals surface area contributed by atoms with E-state index < -0.39 is 0 Å². The molecule has 6 heteroatoms. The second kappa shape index (κ2) is 5.97. The lowest BCUT2D eigenvalue weighted by Gasteiger charge is -2.35. The summed E-state index contributed by atoms with van der Waals surface area (Å²) < 4.78 is 0. The van der Waals surface area contributed by atoms with Gasteiger partial charge in [0.25, 0.3) is 0 Å². The first-order valence-corrected chi connectivity index (χ1v) is 6.69. The third kappa shape index (κ3) is 3.41. The summed E-state index contributed by atoms with van der Waals surface area (Å²) in [5.74, 6) is -0.292. The minimum atomic E-state index is -0.292. The summed E-state index contributed by atoms with van der Waals surface area (Å²) in [5.41, 5.74) is 5.22. The Morgan fingerprint density at radius 1 is 1.17 bits per heavy atom. The van der Waals surface area contributed by atoms with E-state index in [2.05, 4.69) is 9.80 Å². The molecule has 4 N–H and O–H groups in total. The van der Waals surface area contributed by atoms with Gasteiger partial charge in [-0.3, -0.25) is 14.6 Å². The number of aliphatic hydroxyl groups excluding tert-OH is 2. The van der Waals surface area contributed by atoms with Crippen molar-refractivity contribution in [2.45, 2.75) is 44.1 Å². The number of nitrogens with two attached hydrogens (primary N) is 1. The van der Waals surface area contributed by atoms with Crippen LogP contribution in [0.1, 0.15) is 25.7 Å². The van der Waals surface area contributed by atoms with E-state index in [-0.39, 0.29) is 24.3 Å². The van der Waals surface area contributed by atoms with Crippen molar-refractivity contribution in [1.29, 1.82) is 0 Å². The van der Waals surface area contributed by atoms with Gasteiger partial charge in [-0.25, -0.2) is 0 Å². The summed E-state index contributed by atoms with van der Waals surface area (Å²) in [6.45, 7) is 2.99. The normalized spacial score (nSPS) is 31.9. The number of hydrogen-bond acceptors (Lipinski definition) is 5. The third-order valence-corrected chi connectivity index (χ3v) is 3.88. The maximum Gasteiger partial charge on any atom is 0.217 e. The maximum absolute atomic E-state index is 10.9. The third-order valence-electron chi connectivity index (χ3n) is 3.88. The highest BCUT2D eigenvalue weighted by molar-refractivity contribution is 5.73. The fraction of sp³-hybridized carbons (Fsp3) is 0.917. The van der Waals surface area contributed by atoms with Crippen molar-refractivity contribution in [3.05, 3.63) is 0 Å².